The van der Waals surface area contributed by atoms with Crippen LogP contribution < -0.4 is 38.5 Å². The molecule has 3 rings (SSSR count). The highest BCUT2D eigenvalue weighted by atomic mass is 16.4. The van der Waals surface area contributed by atoms with Crippen LogP contribution in [0.15, 0.2) is 60.7 Å². The number of amides is 5. The molecule has 15 heteroatoms. The van der Waals surface area contributed by atoms with Gasteiger partial charge in [0.15, 0.2) is 0 Å². The fourth-order valence-corrected chi connectivity index (χ4v) is 6.21. The number of unbranched alkanes of at least 4 members (excludes halogenated alkanes) is 1. The van der Waals surface area contributed by atoms with E-state index in [1.807, 2.05) is 74.5 Å². The van der Waals surface area contributed by atoms with Crippen LogP contribution in [0.5, 0.6) is 0 Å². The van der Waals surface area contributed by atoms with Crippen LogP contribution in [0.1, 0.15) is 69.9 Å². The molecule has 4 atom stereocenters. The van der Waals surface area contributed by atoms with Gasteiger partial charge in [0.25, 0.3) is 0 Å². The standard InChI is InChI=1S/C39H58N8O7/c1-26(2)23-31(36(51)44-30(15-9-10-20-40)35(50)43-25-33(48)47-21-18-39(42,19-22-47)38(53)54)46-37(52)32(24-28-13-7-4-8-14-28)45-34(49)29(41)17-16-27-11-5-3-6-12-27/h3-8,11-14,26,29-32H,9-10,15-25,40-42H2,1-2H3,(H,43,50)(H,44,51)(H,45,49)(H,46,52)(H,53,54)/t29-,30-,31-,32-/m1/s1. The van der Waals surface area contributed by atoms with Crippen molar-refractivity contribution in [3.8, 4) is 0 Å². The number of carbonyl (C=O) groups excluding carboxylic acids is 5. The van der Waals surface area contributed by atoms with Gasteiger partial charge < -0.3 is 48.5 Å². The molecule has 0 aromatic heterocycles. The summed E-state index contributed by atoms with van der Waals surface area (Å²) in [7, 11) is 0. The van der Waals surface area contributed by atoms with Gasteiger partial charge in [0.05, 0.1) is 12.6 Å². The number of rotatable bonds is 21. The summed E-state index contributed by atoms with van der Waals surface area (Å²) in [6.45, 7) is 4.08. The molecule has 54 heavy (non-hydrogen) atoms. The van der Waals surface area contributed by atoms with Crippen molar-refractivity contribution >= 4 is 35.5 Å². The molecule has 1 fully saturated rings. The molecule has 1 saturated heterocycles. The SMILES string of the molecule is CC(C)C[C@@H](NC(=O)[C@@H](Cc1ccccc1)NC(=O)[C@H](N)CCc1ccccc1)C(=O)N[C@H](CCCCN)C(=O)NCC(=O)N1CCC(N)(C(=O)O)CC1. The summed E-state index contributed by atoms with van der Waals surface area (Å²) in [6.07, 6.45) is 2.84. The summed E-state index contributed by atoms with van der Waals surface area (Å²) in [4.78, 5) is 80.2. The Labute approximate surface area is 317 Å². The Morgan fingerprint density at radius 1 is 0.759 bits per heavy atom. The summed E-state index contributed by atoms with van der Waals surface area (Å²) in [5.74, 6) is -3.81. The third kappa shape index (κ3) is 14.2. The summed E-state index contributed by atoms with van der Waals surface area (Å²) in [6, 6.07) is 14.8. The van der Waals surface area contributed by atoms with Crippen LogP contribution in [0, 0.1) is 5.92 Å². The number of carboxylic acids is 1. The van der Waals surface area contributed by atoms with Gasteiger partial charge in [-0.3, -0.25) is 28.8 Å². The number of hydrogen-bond acceptors (Lipinski definition) is 9. The van der Waals surface area contributed by atoms with Crippen LogP contribution in [0.3, 0.4) is 0 Å². The lowest BCUT2D eigenvalue weighted by Crippen LogP contribution is -2.59. The van der Waals surface area contributed by atoms with Crippen LogP contribution in [0.25, 0.3) is 0 Å². The van der Waals surface area contributed by atoms with E-state index in [1.54, 1.807) is 0 Å². The molecule has 0 unspecified atom stereocenters. The lowest BCUT2D eigenvalue weighted by atomic mass is 9.89. The molecule has 15 nitrogen and oxygen atoms in total. The second kappa shape index (κ2) is 21.7. The van der Waals surface area contributed by atoms with E-state index in [0.29, 0.717) is 32.2 Å². The average Bonchev–Trinajstić information content (AvgIpc) is 3.15. The maximum Gasteiger partial charge on any atom is 0.323 e. The molecule has 5 amide bonds. The lowest BCUT2D eigenvalue weighted by Gasteiger charge is -2.36. The van der Waals surface area contributed by atoms with E-state index in [4.69, 9.17) is 17.2 Å². The molecule has 0 saturated carbocycles. The van der Waals surface area contributed by atoms with Gasteiger partial charge in [0.1, 0.15) is 23.7 Å². The monoisotopic (exact) mass is 750 g/mol. The van der Waals surface area contributed by atoms with E-state index in [2.05, 4.69) is 21.3 Å². The van der Waals surface area contributed by atoms with E-state index < -0.39 is 65.2 Å². The summed E-state index contributed by atoms with van der Waals surface area (Å²) in [5, 5.41) is 20.4. The number of aryl methyl sites for hydroxylation is 1. The van der Waals surface area contributed by atoms with Crippen LogP contribution in [0.2, 0.25) is 0 Å². The van der Waals surface area contributed by atoms with Crippen molar-refractivity contribution in [2.45, 2.75) is 101 Å². The molecular weight excluding hydrogens is 692 g/mol. The fourth-order valence-electron chi connectivity index (χ4n) is 6.21. The van der Waals surface area contributed by atoms with Gasteiger partial charge in [-0.05, 0) is 75.0 Å². The molecule has 11 N–H and O–H groups in total. The van der Waals surface area contributed by atoms with E-state index in [-0.39, 0.29) is 57.7 Å². The first-order valence-corrected chi connectivity index (χ1v) is 18.7. The van der Waals surface area contributed by atoms with Crippen molar-refractivity contribution in [1.29, 1.82) is 0 Å². The van der Waals surface area contributed by atoms with E-state index in [0.717, 1.165) is 11.1 Å². The van der Waals surface area contributed by atoms with E-state index >= 15 is 0 Å². The van der Waals surface area contributed by atoms with E-state index in [9.17, 15) is 33.9 Å². The molecule has 2 aromatic carbocycles. The highest BCUT2D eigenvalue weighted by Crippen LogP contribution is 2.20. The predicted octanol–water partition coefficient (Wildman–Crippen LogP) is 0.339. The third-order valence-electron chi connectivity index (χ3n) is 9.61. The minimum Gasteiger partial charge on any atom is -0.480 e. The Morgan fingerprint density at radius 2 is 1.31 bits per heavy atom. The summed E-state index contributed by atoms with van der Waals surface area (Å²) < 4.78 is 0. The molecule has 0 radical (unpaired) electrons. The Kier molecular flexibility index (Phi) is 17.5. The predicted molar refractivity (Wildman–Crippen MR) is 204 cm³/mol. The maximum absolute atomic E-state index is 13.9. The Balaban J connectivity index is 1.69. The highest BCUT2D eigenvalue weighted by Gasteiger charge is 2.39. The van der Waals surface area contributed by atoms with Crippen LogP contribution in [-0.2, 0) is 41.6 Å². The van der Waals surface area contributed by atoms with Crippen molar-refractivity contribution in [3.05, 3.63) is 71.8 Å². The van der Waals surface area contributed by atoms with Gasteiger partial charge in [-0.15, -0.1) is 0 Å². The molecule has 1 aliphatic heterocycles. The number of aliphatic carboxylic acids is 1. The zero-order chi connectivity index (χ0) is 39.7. The second-order valence-corrected chi connectivity index (χ2v) is 14.5. The smallest absolute Gasteiger partial charge is 0.323 e. The Morgan fingerprint density at radius 3 is 1.89 bits per heavy atom. The van der Waals surface area contributed by atoms with Crippen molar-refractivity contribution in [2.24, 2.45) is 23.1 Å². The molecule has 296 valence electrons. The molecule has 0 aliphatic carbocycles. The molecule has 1 heterocycles. The van der Waals surface area contributed by atoms with Crippen molar-refractivity contribution < 1.29 is 33.9 Å². The normalized spacial score (nSPS) is 16.0. The van der Waals surface area contributed by atoms with Gasteiger partial charge in [0, 0.05) is 19.5 Å². The zero-order valence-corrected chi connectivity index (χ0v) is 31.4. The second-order valence-electron chi connectivity index (χ2n) is 14.5. The number of carboxylic acid groups (broad SMARTS) is 1. The molecule has 2 aromatic rings. The van der Waals surface area contributed by atoms with Crippen molar-refractivity contribution in [3.63, 3.8) is 0 Å². The van der Waals surface area contributed by atoms with Gasteiger partial charge in [-0.1, -0.05) is 74.5 Å². The number of carbonyl (C=O) groups is 6. The Bertz CT molecular complexity index is 1530. The number of nitrogens with two attached hydrogens (primary N) is 3. The first-order chi connectivity index (χ1) is 25.7. The number of piperidine rings is 1. The average molecular weight is 751 g/mol. The highest BCUT2D eigenvalue weighted by molar-refractivity contribution is 5.95. The van der Waals surface area contributed by atoms with Gasteiger partial charge in [0.2, 0.25) is 29.5 Å². The van der Waals surface area contributed by atoms with Gasteiger partial charge >= 0.3 is 5.97 Å². The maximum atomic E-state index is 13.9. The van der Waals surface area contributed by atoms with Crippen LogP contribution >= 0.6 is 0 Å². The Hall–Kier alpha value is -4.86. The molecule has 1 aliphatic rings. The number of likely N-dealkylation sites (tertiary alicyclic amines) is 1. The first kappa shape index (κ1) is 43.5. The molecule has 0 spiro atoms. The number of nitrogens with zero attached hydrogens (tertiary/aromatic N) is 1. The largest absolute Gasteiger partial charge is 0.480 e. The quantitative estimate of drug-likeness (QED) is 0.0813. The minimum absolute atomic E-state index is 0.0327. The van der Waals surface area contributed by atoms with E-state index in [1.165, 1.54) is 4.90 Å². The van der Waals surface area contributed by atoms with Crippen LogP contribution in [0.4, 0.5) is 0 Å². The molecular formula is C39H58N8O7. The van der Waals surface area contributed by atoms with Crippen molar-refractivity contribution in [1.82, 2.24) is 26.2 Å². The fraction of sp³-hybridized carbons (Fsp3) is 0.538. The van der Waals surface area contributed by atoms with Gasteiger partial charge in [-0.2, -0.15) is 0 Å². The van der Waals surface area contributed by atoms with Crippen LogP contribution in [-0.4, -0.2) is 101 Å². The summed E-state index contributed by atoms with van der Waals surface area (Å²) >= 11 is 0. The van der Waals surface area contributed by atoms with Gasteiger partial charge in [-0.25, -0.2) is 0 Å². The lowest BCUT2D eigenvalue weighted by molar-refractivity contribution is -0.147. The topological polar surface area (TPSA) is 252 Å². The minimum atomic E-state index is -1.40. The zero-order valence-electron chi connectivity index (χ0n) is 31.4. The van der Waals surface area contributed by atoms with Crippen molar-refractivity contribution in [2.75, 3.05) is 26.2 Å². The number of benzene rings is 2. The summed E-state index contributed by atoms with van der Waals surface area (Å²) in [5.41, 5.74) is 18.3. The molecule has 0 bridgehead atoms. The number of nitrogens with one attached hydrogen (secondary N) is 4. The number of hydrogen-bond donors (Lipinski definition) is 8. The first-order valence-electron chi connectivity index (χ1n) is 18.7. The third-order valence-corrected chi connectivity index (χ3v) is 9.61.